The van der Waals surface area contributed by atoms with Crippen LogP contribution in [0.4, 0.5) is 4.39 Å². The van der Waals surface area contributed by atoms with Gasteiger partial charge >= 0.3 is 0 Å². The molecule has 0 bridgehead atoms. The number of halogens is 2. The number of amides is 1. The Morgan fingerprint density at radius 3 is 2.39 bits per heavy atom. The monoisotopic (exact) mass is 380 g/mol. The van der Waals surface area contributed by atoms with Crippen LogP contribution in [-0.2, 0) is 0 Å². The van der Waals surface area contributed by atoms with E-state index in [2.05, 4.69) is 26.5 Å². The lowest BCUT2D eigenvalue weighted by Crippen LogP contribution is -2.17. The number of carbonyl (C=O) groups excluding carboxylic acids is 1. The molecule has 0 atom stereocenters. The minimum atomic E-state index is -0.417. The highest BCUT2D eigenvalue weighted by molar-refractivity contribution is 9.10. The lowest BCUT2D eigenvalue weighted by atomic mass is 10.2. The minimum Gasteiger partial charge on any atom is -0.497 e. The second-order valence-corrected chi connectivity index (χ2v) is 5.33. The van der Waals surface area contributed by atoms with E-state index in [1.807, 2.05) is 0 Å². The van der Waals surface area contributed by atoms with Crippen LogP contribution in [0.3, 0.4) is 0 Å². The Balaban J connectivity index is 2.09. The lowest BCUT2D eigenvalue weighted by molar-refractivity contribution is 0.0954. The third-order valence-corrected chi connectivity index (χ3v) is 3.54. The Bertz CT molecular complexity index is 728. The molecule has 23 heavy (non-hydrogen) atoms. The van der Waals surface area contributed by atoms with Gasteiger partial charge in [-0.2, -0.15) is 5.10 Å². The van der Waals surface area contributed by atoms with Gasteiger partial charge in [-0.25, -0.2) is 9.82 Å². The zero-order valence-electron chi connectivity index (χ0n) is 12.5. The molecule has 0 spiro atoms. The van der Waals surface area contributed by atoms with Crippen LogP contribution in [0.1, 0.15) is 15.9 Å². The zero-order chi connectivity index (χ0) is 16.8. The summed E-state index contributed by atoms with van der Waals surface area (Å²) in [7, 11) is 3.00. The van der Waals surface area contributed by atoms with Crippen molar-refractivity contribution in [2.45, 2.75) is 0 Å². The second-order valence-electron chi connectivity index (χ2n) is 4.47. The molecular weight excluding hydrogens is 367 g/mol. The van der Waals surface area contributed by atoms with Gasteiger partial charge in [-0.15, -0.1) is 0 Å². The van der Waals surface area contributed by atoms with E-state index in [1.54, 1.807) is 30.3 Å². The summed E-state index contributed by atoms with van der Waals surface area (Å²) < 4.78 is 23.7. The van der Waals surface area contributed by atoms with E-state index >= 15 is 0 Å². The van der Waals surface area contributed by atoms with Gasteiger partial charge in [0.25, 0.3) is 5.91 Å². The van der Waals surface area contributed by atoms with Crippen molar-refractivity contribution in [2.75, 3.05) is 14.2 Å². The molecule has 0 aliphatic carbocycles. The smallest absolute Gasteiger partial charge is 0.271 e. The van der Waals surface area contributed by atoms with Crippen LogP contribution < -0.4 is 14.9 Å². The van der Waals surface area contributed by atoms with E-state index in [9.17, 15) is 9.18 Å². The molecule has 0 aliphatic rings. The number of ether oxygens (including phenoxy) is 2. The molecule has 0 fully saturated rings. The first-order chi connectivity index (χ1) is 11.0. The fourth-order valence-corrected chi connectivity index (χ4v) is 2.16. The highest BCUT2D eigenvalue weighted by atomic mass is 79.9. The Kier molecular flexibility index (Phi) is 5.70. The standard InChI is InChI=1S/C16H14BrFN2O3/c1-22-12-6-11(7-13(8-12)23-2)16(21)20-19-9-10-3-4-15(18)14(17)5-10/h3-9H,1-2H3,(H,20,21)/b19-9+. The summed E-state index contributed by atoms with van der Waals surface area (Å²) in [4.78, 5) is 12.1. The lowest BCUT2D eigenvalue weighted by Gasteiger charge is -2.07. The number of methoxy groups -OCH3 is 2. The maximum Gasteiger partial charge on any atom is 0.271 e. The van der Waals surface area contributed by atoms with Crippen molar-refractivity contribution in [2.24, 2.45) is 5.10 Å². The topological polar surface area (TPSA) is 59.9 Å². The van der Waals surface area contributed by atoms with Crippen molar-refractivity contribution >= 4 is 28.1 Å². The van der Waals surface area contributed by atoms with Crippen LogP contribution in [0, 0.1) is 5.82 Å². The minimum absolute atomic E-state index is 0.324. The van der Waals surface area contributed by atoms with Crippen molar-refractivity contribution in [3.8, 4) is 11.5 Å². The van der Waals surface area contributed by atoms with E-state index in [-0.39, 0.29) is 5.82 Å². The molecule has 0 unspecified atom stereocenters. The molecule has 0 heterocycles. The number of hydrogen-bond acceptors (Lipinski definition) is 4. The Labute approximate surface area is 141 Å². The third-order valence-electron chi connectivity index (χ3n) is 2.94. The predicted octanol–water partition coefficient (Wildman–Crippen LogP) is 3.37. The average Bonchev–Trinajstić information content (AvgIpc) is 2.57. The Morgan fingerprint density at radius 2 is 1.83 bits per heavy atom. The van der Waals surface area contributed by atoms with E-state index in [4.69, 9.17) is 9.47 Å². The number of nitrogens with zero attached hydrogens (tertiary/aromatic N) is 1. The van der Waals surface area contributed by atoms with Crippen LogP contribution >= 0.6 is 15.9 Å². The van der Waals surface area contributed by atoms with Crippen LogP contribution in [0.15, 0.2) is 46.0 Å². The molecule has 0 aliphatic heterocycles. The molecule has 5 nitrogen and oxygen atoms in total. The highest BCUT2D eigenvalue weighted by Gasteiger charge is 2.09. The largest absolute Gasteiger partial charge is 0.497 e. The number of hydrazone groups is 1. The van der Waals surface area contributed by atoms with E-state index in [1.165, 1.54) is 26.5 Å². The van der Waals surface area contributed by atoms with Gasteiger partial charge in [-0.05, 0) is 45.8 Å². The van der Waals surface area contributed by atoms with Crippen LogP contribution in [0.25, 0.3) is 0 Å². The molecule has 2 rings (SSSR count). The molecule has 0 saturated carbocycles. The Morgan fingerprint density at radius 1 is 1.17 bits per heavy atom. The van der Waals surface area contributed by atoms with Crippen molar-refractivity contribution in [1.29, 1.82) is 0 Å². The first-order valence-corrected chi connectivity index (χ1v) is 7.34. The Hall–Kier alpha value is -2.41. The fraction of sp³-hybridized carbons (Fsp3) is 0.125. The maximum absolute atomic E-state index is 13.1. The summed E-state index contributed by atoms with van der Waals surface area (Å²) in [6, 6.07) is 9.21. The fourth-order valence-electron chi connectivity index (χ4n) is 1.76. The van der Waals surface area contributed by atoms with Gasteiger partial charge in [0.05, 0.1) is 24.9 Å². The number of hydrogen-bond donors (Lipinski definition) is 1. The van der Waals surface area contributed by atoms with Crippen molar-refractivity contribution in [1.82, 2.24) is 5.43 Å². The summed E-state index contributed by atoms with van der Waals surface area (Å²) in [6.07, 6.45) is 1.42. The van der Waals surface area contributed by atoms with Crippen molar-refractivity contribution in [3.05, 3.63) is 57.8 Å². The third kappa shape index (κ3) is 4.53. The van der Waals surface area contributed by atoms with E-state index in [0.29, 0.717) is 27.1 Å². The molecule has 1 amide bonds. The quantitative estimate of drug-likeness (QED) is 0.638. The van der Waals surface area contributed by atoms with Gasteiger partial charge in [0, 0.05) is 11.6 Å². The van der Waals surface area contributed by atoms with Gasteiger partial charge in [-0.1, -0.05) is 6.07 Å². The van der Waals surface area contributed by atoms with Crippen molar-refractivity contribution in [3.63, 3.8) is 0 Å². The van der Waals surface area contributed by atoms with Crippen LogP contribution in [-0.4, -0.2) is 26.3 Å². The summed E-state index contributed by atoms with van der Waals surface area (Å²) in [6.45, 7) is 0. The zero-order valence-corrected chi connectivity index (χ0v) is 14.1. The summed E-state index contributed by atoms with van der Waals surface area (Å²) in [5, 5.41) is 3.85. The summed E-state index contributed by atoms with van der Waals surface area (Å²) >= 11 is 3.08. The number of nitrogens with one attached hydrogen (secondary N) is 1. The maximum atomic E-state index is 13.1. The molecule has 7 heteroatoms. The van der Waals surface area contributed by atoms with Gasteiger partial charge < -0.3 is 9.47 Å². The molecule has 0 radical (unpaired) electrons. The SMILES string of the molecule is COc1cc(OC)cc(C(=O)N/N=C/c2ccc(F)c(Br)c2)c1. The van der Waals surface area contributed by atoms with Crippen molar-refractivity contribution < 1.29 is 18.7 Å². The molecule has 0 saturated heterocycles. The molecule has 2 aromatic carbocycles. The normalized spacial score (nSPS) is 10.6. The van der Waals surface area contributed by atoms with Gasteiger partial charge in [-0.3, -0.25) is 4.79 Å². The van der Waals surface area contributed by atoms with Gasteiger partial charge in [0.1, 0.15) is 17.3 Å². The molecule has 1 N–H and O–H groups in total. The molecule has 120 valence electrons. The highest BCUT2D eigenvalue weighted by Crippen LogP contribution is 2.22. The van der Waals surface area contributed by atoms with E-state index < -0.39 is 5.91 Å². The van der Waals surface area contributed by atoms with Crippen LogP contribution in [0.2, 0.25) is 0 Å². The number of rotatable bonds is 5. The first-order valence-electron chi connectivity index (χ1n) is 6.55. The summed E-state index contributed by atoms with van der Waals surface area (Å²) in [5.74, 6) is 0.219. The molecule has 2 aromatic rings. The summed E-state index contributed by atoms with van der Waals surface area (Å²) in [5.41, 5.74) is 3.38. The molecular formula is C16H14BrFN2O3. The van der Waals surface area contributed by atoms with Crippen LogP contribution in [0.5, 0.6) is 11.5 Å². The average molecular weight is 381 g/mol. The van der Waals surface area contributed by atoms with E-state index in [0.717, 1.165) is 0 Å². The number of benzene rings is 2. The van der Waals surface area contributed by atoms with Gasteiger partial charge in [0.2, 0.25) is 0 Å². The molecule has 0 aromatic heterocycles. The predicted molar refractivity (Wildman–Crippen MR) is 88.7 cm³/mol. The number of carbonyl (C=O) groups is 1. The second kappa shape index (κ2) is 7.73. The first kappa shape index (κ1) is 17.0. The van der Waals surface area contributed by atoms with Gasteiger partial charge in [0.15, 0.2) is 0 Å².